The molecular formula is C12H24O. The Kier molecular flexibility index (Phi) is 5.45. The van der Waals surface area contributed by atoms with Gasteiger partial charge in [-0.15, -0.1) is 0 Å². The van der Waals surface area contributed by atoms with Crippen molar-refractivity contribution in [1.29, 1.82) is 0 Å². The number of ether oxygens (including phenoxy) is 1. The molecule has 1 fully saturated rings. The molecule has 0 bridgehead atoms. The Balaban J connectivity index is 2.03. The lowest BCUT2D eigenvalue weighted by atomic mass is 9.86. The van der Waals surface area contributed by atoms with Gasteiger partial charge in [-0.2, -0.15) is 0 Å². The van der Waals surface area contributed by atoms with Gasteiger partial charge in [-0.05, 0) is 38.0 Å². The van der Waals surface area contributed by atoms with Crippen molar-refractivity contribution in [3.05, 3.63) is 0 Å². The second-order valence-electron chi connectivity index (χ2n) is 4.28. The van der Waals surface area contributed by atoms with Crippen LogP contribution < -0.4 is 0 Å². The van der Waals surface area contributed by atoms with Crippen molar-refractivity contribution in [2.24, 2.45) is 5.92 Å². The van der Waals surface area contributed by atoms with E-state index in [-0.39, 0.29) is 0 Å². The molecule has 0 unspecified atom stereocenters. The quantitative estimate of drug-likeness (QED) is 0.591. The van der Waals surface area contributed by atoms with Gasteiger partial charge in [0.2, 0.25) is 0 Å². The first-order valence-electron chi connectivity index (χ1n) is 5.98. The molecule has 1 nitrogen and oxygen atoms in total. The van der Waals surface area contributed by atoms with Crippen LogP contribution in [0.3, 0.4) is 0 Å². The predicted octanol–water partition coefficient (Wildman–Crippen LogP) is 3.77. The summed E-state index contributed by atoms with van der Waals surface area (Å²) < 4.78 is 5.82. The molecule has 1 heteroatoms. The van der Waals surface area contributed by atoms with Gasteiger partial charge in [-0.25, -0.2) is 0 Å². The number of unbranched alkanes of at least 4 members (excludes halogenated alkanes) is 1. The van der Waals surface area contributed by atoms with Crippen LogP contribution in [0.1, 0.15) is 58.8 Å². The van der Waals surface area contributed by atoms with Crippen LogP contribution in [-0.2, 0) is 4.74 Å². The Morgan fingerprint density at radius 2 is 1.77 bits per heavy atom. The van der Waals surface area contributed by atoms with Gasteiger partial charge >= 0.3 is 0 Å². The van der Waals surface area contributed by atoms with Gasteiger partial charge in [-0.1, -0.05) is 26.7 Å². The third kappa shape index (κ3) is 4.12. The normalized spacial score (nSPS) is 29.1. The zero-order valence-corrected chi connectivity index (χ0v) is 9.22. The molecule has 0 heterocycles. The van der Waals surface area contributed by atoms with E-state index in [0.29, 0.717) is 6.10 Å². The van der Waals surface area contributed by atoms with Crippen LogP contribution in [0.2, 0.25) is 0 Å². The van der Waals surface area contributed by atoms with E-state index in [4.69, 9.17) is 4.74 Å². The number of rotatable bonds is 5. The van der Waals surface area contributed by atoms with E-state index in [1.165, 1.54) is 44.9 Å². The first kappa shape index (κ1) is 11.0. The summed E-state index contributed by atoms with van der Waals surface area (Å²) in [5.74, 6) is 0.992. The van der Waals surface area contributed by atoms with E-state index in [1.807, 2.05) is 0 Å². The molecule has 0 aliphatic heterocycles. The number of hydrogen-bond acceptors (Lipinski definition) is 1. The predicted molar refractivity (Wildman–Crippen MR) is 56.9 cm³/mol. The summed E-state index contributed by atoms with van der Waals surface area (Å²) in [5.41, 5.74) is 0. The van der Waals surface area contributed by atoms with Gasteiger partial charge in [0.25, 0.3) is 0 Å². The fourth-order valence-corrected chi connectivity index (χ4v) is 2.10. The monoisotopic (exact) mass is 184 g/mol. The summed E-state index contributed by atoms with van der Waals surface area (Å²) >= 11 is 0. The highest BCUT2D eigenvalue weighted by Gasteiger charge is 2.19. The lowest BCUT2D eigenvalue weighted by Crippen LogP contribution is -2.21. The first-order valence-corrected chi connectivity index (χ1v) is 5.98. The smallest absolute Gasteiger partial charge is 0.0575 e. The SMILES string of the molecule is CCCCO[C@H]1CC[C@H](CC)CC1. The molecule has 0 aromatic rings. The molecule has 0 amide bonds. The van der Waals surface area contributed by atoms with Crippen molar-refractivity contribution in [1.82, 2.24) is 0 Å². The Morgan fingerprint density at radius 3 is 2.31 bits per heavy atom. The van der Waals surface area contributed by atoms with Crippen molar-refractivity contribution in [3.8, 4) is 0 Å². The molecule has 1 aliphatic carbocycles. The minimum absolute atomic E-state index is 0.592. The molecule has 0 aromatic carbocycles. The third-order valence-corrected chi connectivity index (χ3v) is 3.22. The fraction of sp³-hybridized carbons (Fsp3) is 1.00. The first-order chi connectivity index (χ1) is 6.36. The van der Waals surface area contributed by atoms with Crippen LogP contribution in [-0.4, -0.2) is 12.7 Å². The lowest BCUT2D eigenvalue weighted by molar-refractivity contribution is 0.0164. The maximum Gasteiger partial charge on any atom is 0.0575 e. The molecule has 0 atom stereocenters. The van der Waals surface area contributed by atoms with E-state index < -0.39 is 0 Å². The summed E-state index contributed by atoms with van der Waals surface area (Å²) in [6, 6.07) is 0. The molecule has 0 radical (unpaired) electrons. The maximum atomic E-state index is 5.82. The van der Waals surface area contributed by atoms with E-state index >= 15 is 0 Å². The summed E-state index contributed by atoms with van der Waals surface area (Å²) in [4.78, 5) is 0. The van der Waals surface area contributed by atoms with Crippen LogP contribution >= 0.6 is 0 Å². The highest BCUT2D eigenvalue weighted by molar-refractivity contribution is 4.71. The highest BCUT2D eigenvalue weighted by atomic mass is 16.5. The van der Waals surface area contributed by atoms with Crippen molar-refractivity contribution in [2.75, 3.05) is 6.61 Å². The topological polar surface area (TPSA) is 9.23 Å². The summed E-state index contributed by atoms with van der Waals surface area (Å²) in [6.07, 6.45) is 9.85. The second kappa shape index (κ2) is 6.42. The molecule has 0 N–H and O–H groups in total. The van der Waals surface area contributed by atoms with Gasteiger partial charge in [0.05, 0.1) is 6.10 Å². The molecule has 78 valence electrons. The minimum Gasteiger partial charge on any atom is -0.378 e. The molecule has 0 saturated heterocycles. The number of hydrogen-bond donors (Lipinski definition) is 0. The average molecular weight is 184 g/mol. The fourth-order valence-electron chi connectivity index (χ4n) is 2.10. The standard InChI is InChI=1S/C12H24O/c1-3-5-10-13-12-8-6-11(4-2)7-9-12/h11-12H,3-10H2,1-2H3/t11-,12-. The Hall–Kier alpha value is -0.0400. The molecule has 0 aromatic heterocycles. The largest absolute Gasteiger partial charge is 0.378 e. The van der Waals surface area contributed by atoms with Gasteiger partial charge < -0.3 is 4.74 Å². The Morgan fingerprint density at radius 1 is 1.08 bits per heavy atom. The second-order valence-corrected chi connectivity index (χ2v) is 4.28. The van der Waals surface area contributed by atoms with Crippen molar-refractivity contribution >= 4 is 0 Å². The maximum absolute atomic E-state index is 5.82. The van der Waals surface area contributed by atoms with Gasteiger partial charge in [0.15, 0.2) is 0 Å². The molecule has 1 rings (SSSR count). The van der Waals surface area contributed by atoms with Crippen molar-refractivity contribution in [2.45, 2.75) is 64.9 Å². The van der Waals surface area contributed by atoms with Crippen LogP contribution in [0.25, 0.3) is 0 Å². The zero-order valence-electron chi connectivity index (χ0n) is 9.22. The Bertz CT molecular complexity index is 112. The Labute approximate surface area is 82.9 Å². The van der Waals surface area contributed by atoms with Gasteiger partial charge in [0, 0.05) is 6.61 Å². The molecular weight excluding hydrogens is 160 g/mol. The van der Waals surface area contributed by atoms with Gasteiger partial charge in [0.1, 0.15) is 0 Å². The van der Waals surface area contributed by atoms with E-state index in [9.17, 15) is 0 Å². The van der Waals surface area contributed by atoms with Crippen molar-refractivity contribution in [3.63, 3.8) is 0 Å². The van der Waals surface area contributed by atoms with Crippen LogP contribution in [0, 0.1) is 5.92 Å². The summed E-state index contributed by atoms with van der Waals surface area (Å²) in [5, 5.41) is 0. The van der Waals surface area contributed by atoms with E-state index in [1.54, 1.807) is 0 Å². The zero-order chi connectivity index (χ0) is 9.52. The molecule has 1 aliphatic rings. The molecule has 0 spiro atoms. The van der Waals surface area contributed by atoms with Gasteiger partial charge in [-0.3, -0.25) is 0 Å². The third-order valence-electron chi connectivity index (χ3n) is 3.22. The van der Waals surface area contributed by atoms with Crippen LogP contribution in [0.15, 0.2) is 0 Å². The van der Waals surface area contributed by atoms with Crippen LogP contribution in [0.4, 0.5) is 0 Å². The van der Waals surface area contributed by atoms with Crippen LogP contribution in [0.5, 0.6) is 0 Å². The molecule has 13 heavy (non-hydrogen) atoms. The van der Waals surface area contributed by atoms with E-state index in [0.717, 1.165) is 12.5 Å². The summed E-state index contributed by atoms with van der Waals surface area (Å²) in [6.45, 7) is 5.51. The van der Waals surface area contributed by atoms with E-state index in [2.05, 4.69) is 13.8 Å². The molecule has 1 saturated carbocycles. The summed E-state index contributed by atoms with van der Waals surface area (Å²) in [7, 11) is 0. The minimum atomic E-state index is 0.592. The average Bonchev–Trinajstić information content (AvgIpc) is 2.19. The van der Waals surface area contributed by atoms with Crippen molar-refractivity contribution < 1.29 is 4.74 Å². The highest BCUT2D eigenvalue weighted by Crippen LogP contribution is 2.28. The lowest BCUT2D eigenvalue weighted by Gasteiger charge is -2.27.